The van der Waals surface area contributed by atoms with Gasteiger partial charge in [0.2, 0.25) is 5.95 Å². The van der Waals surface area contributed by atoms with E-state index in [1.807, 2.05) is 55.6 Å². The van der Waals surface area contributed by atoms with Crippen molar-refractivity contribution in [1.82, 2.24) is 14.9 Å². The SMILES string of the molecule is C/N=C(\C(=C/C(=N)N1CCN(c2ncccn2)CC1)Sc1ccccc1)c1ccccc1. The Balaban J connectivity index is 1.54. The lowest BCUT2D eigenvalue weighted by atomic mass is 10.1. The van der Waals surface area contributed by atoms with Crippen LogP contribution in [0.4, 0.5) is 5.95 Å². The summed E-state index contributed by atoms with van der Waals surface area (Å²) < 4.78 is 0. The molecule has 1 aliphatic rings. The minimum absolute atomic E-state index is 0.495. The summed E-state index contributed by atoms with van der Waals surface area (Å²) in [5.74, 6) is 1.24. The number of aliphatic imine (C=N–C) groups is 1. The fourth-order valence-electron chi connectivity index (χ4n) is 3.56. The fourth-order valence-corrected chi connectivity index (χ4v) is 4.58. The van der Waals surface area contributed by atoms with Crippen LogP contribution in [-0.2, 0) is 0 Å². The highest BCUT2D eigenvalue weighted by Crippen LogP contribution is 2.30. The van der Waals surface area contributed by atoms with E-state index in [1.165, 1.54) is 0 Å². The van der Waals surface area contributed by atoms with E-state index in [-0.39, 0.29) is 0 Å². The molecule has 1 aliphatic heterocycles. The Kier molecular flexibility index (Phi) is 7.30. The molecule has 0 spiro atoms. The van der Waals surface area contributed by atoms with E-state index in [4.69, 9.17) is 5.41 Å². The Morgan fingerprint density at radius 1 is 0.906 bits per heavy atom. The van der Waals surface area contributed by atoms with Crippen LogP contribution in [0.5, 0.6) is 0 Å². The Bertz CT molecular complexity index is 1080. The first kappa shape index (κ1) is 21.8. The maximum absolute atomic E-state index is 8.81. The number of hydrogen-bond donors (Lipinski definition) is 1. The molecule has 4 rings (SSSR count). The van der Waals surface area contributed by atoms with E-state index in [0.717, 1.165) is 53.2 Å². The first-order chi connectivity index (χ1) is 15.7. The molecule has 6 nitrogen and oxygen atoms in total. The topological polar surface area (TPSA) is 68.5 Å². The smallest absolute Gasteiger partial charge is 0.225 e. The van der Waals surface area contributed by atoms with Crippen LogP contribution in [0.3, 0.4) is 0 Å². The van der Waals surface area contributed by atoms with Crippen LogP contribution in [0, 0.1) is 5.41 Å². The predicted octanol–water partition coefficient (Wildman–Crippen LogP) is 4.37. The number of benzene rings is 2. The van der Waals surface area contributed by atoms with E-state index < -0.39 is 0 Å². The van der Waals surface area contributed by atoms with Crippen molar-refractivity contribution >= 4 is 29.3 Å². The second kappa shape index (κ2) is 10.7. The summed E-state index contributed by atoms with van der Waals surface area (Å²) in [6, 6.07) is 22.2. The number of aromatic nitrogens is 2. The van der Waals surface area contributed by atoms with Gasteiger partial charge in [0.1, 0.15) is 5.84 Å². The zero-order chi connectivity index (χ0) is 22.2. The molecule has 0 atom stereocenters. The number of anilines is 1. The van der Waals surface area contributed by atoms with Gasteiger partial charge in [-0.3, -0.25) is 10.4 Å². The van der Waals surface area contributed by atoms with Gasteiger partial charge in [0.25, 0.3) is 0 Å². The van der Waals surface area contributed by atoms with Gasteiger partial charge in [-0.15, -0.1) is 0 Å². The second-order valence-corrected chi connectivity index (χ2v) is 8.39. The predicted molar refractivity (Wildman–Crippen MR) is 133 cm³/mol. The summed E-state index contributed by atoms with van der Waals surface area (Å²) in [4.78, 5) is 19.6. The van der Waals surface area contributed by atoms with Crippen molar-refractivity contribution in [2.45, 2.75) is 4.90 Å². The molecule has 0 amide bonds. The van der Waals surface area contributed by atoms with Gasteiger partial charge in [-0.05, 0) is 24.3 Å². The van der Waals surface area contributed by atoms with Gasteiger partial charge in [0.15, 0.2) is 0 Å². The van der Waals surface area contributed by atoms with E-state index >= 15 is 0 Å². The number of allylic oxidation sites excluding steroid dienone is 1. The standard InChI is InChI=1S/C25H26N6S/c1-27-24(20-9-4-2-5-10-20)22(32-21-11-6-3-7-12-21)19-23(26)30-15-17-31(18-16-30)25-28-13-8-14-29-25/h2-14,19,26H,15-18H2,1H3/b22-19+,26-23?,27-24-. The average Bonchev–Trinajstić information content (AvgIpc) is 2.86. The molecule has 0 radical (unpaired) electrons. The molecular weight excluding hydrogens is 416 g/mol. The van der Waals surface area contributed by atoms with Crippen LogP contribution in [0.25, 0.3) is 0 Å². The molecule has 162 valence electrons. The molecule has 0 bridgehead atoms. The Labute approximate surface area is 193 Å². The van der Waals surface area contributed by atoms with Gasteiger partial charge >= 0.3 is 0 Å². The van der Waals surface area contributed by atoms with E-state index in [1.54, 1.807) is 24.2 Å². The molecule has 32 heavy (non-hydrogen) atoms. The van der Waals surface area contributed by atoms with Gasteiger partial charge < -0.3 is 9.80 Å². The molecule has 7 heteroatoms. The highest BCUT2D eigenvalue weighted by molar-refractivity contribution is 8.04. The number of hydrogen-bond acceptors (Lipinski definition) is 6. The quantitative estimate of drug-likeness (QED) is 0.349. The van der Waals surface area contributed by atoms with Crippen molar-refractivity contribution in [3.63, 3.8) is 0 Å². The number of nitrogens with zero attached hydrogens (tertiary/aromatic N) is 5. The van der Waals surface area contributed by atoms with Crippen molar-refractivity contribution in [3.05, 3.63) is 95.7 Å². The van der Waals surface area contributed by atoms with Crippen molar-refractivity contribution < 1.29 is 0 Å². The molecule has 1 N–H and O–H groups in total. The van der Waals surface area contributed by atoms with Gasteiger partial charge in [-0.1, -0.05) is 60.3 Å². The molecule has 2 aromatic carbocycles. The average molecular weight is 443 g/mol. The normalized spacial score (nSPS) is 15.0. The number of amidine groups is 1. The van der Waals surface area contributed by atoms with Crippen LogP contribution in [0.2, 0.25) is 0 Å². The lowest BCUT2D eigenvalue weighted by Crippen LogP contribution is -2.48. The summed E-state index contributed by atoms with van der Waals surface area (Å²) >= 11 is 1.64. The monoisotopic (exact) mass is 442 g/mol. The maximum atomic E-state index is 8.81. The first-order valence-corrected chi connectivity index (χ1v) is 11.4. The van der Waals surface area contributed by atoms with Gasteiger partial charge in [-0.2, -0.15) is 0 Å². The Hall–Kier alpha value is -3.45. The van der Waals surface area contributed by atoms with Gasteiger partial charge in [0, 0.05) is 61.0 Å². The van der Waals surface area contributed by atoms with Crippen molar-refractivity contribution in [1.29, 1.82) is 5.41 Å². The van der Waals surface area contributed by atoms with E-state index in [2.05, 4.69) is 49.0 Å². The number of rotatable bonds is 6. The van der Waals surface area contributed by atoms with Crippen LogP contribution in [-0.4, -0.2) is 59.6 Å². The highest BCUT2D eigenvalue weighted by Gasteiger charge is 2.21. The Morgan fingerprint density at radius 2 is 1.53 bits per heavy atom. The zero-order valence-electron chi connectivity index (χ0n) is 18.1. The van der Waals surface area contributed by atoms with Crippen LogP contribution in [0.1, 0.15) is 5.56 Å². The van der Waals surface area contributed by atoms with Crippen molar-refractivity contribution in [2.75, 3.05) is 38.1 Å². The van der Waals surface area contributed by atoms with Crippen molar-refractivity contribution in [2.24, 2.45) is 4.99 Å². The third-order valence-corrected chi connectivity index (χ3v) is 6.24. The molecule has 1 fully saturated rings. The van der Waals surface area contributed by atoms with E-state index in [0.29, 0.717) is 5.84 Å². The lowest BCUT2D eigenvalue weighted by Gasteiger charge is -2.35. The molecule has 0 saturated carbocycles. The third-order valence-electron chi connectivity index (χ3n) is 5.20. The van der Waals surface area contributed by atoms with Crippen LogP contribution < -0.4 is 4.90 Å². The molecule has 1 saturated heterocycles. The summed E-state index contributed by atoms with van der Waals surface area (Å²) in [5.41, 5.74) is 1.93. The minimum atomic E-state index is 0.495. The lowest BCUT2D eigenvalue weighted by molar-refractivity contribution is 0.383. The molecule has 0 aliphatic carbocycles. The molecule has 1 aromatic heterocycles. The highest BCUT2D eigenvalue weighted by atomic mass is 32.2. The third kappa shape index (κ3) is 5.42. The second-order valence-electron chi connectivity index (χ2n) is 7.27. The maximum Gasteiger partial charge on any atom is 0.225 e. The Morgan fingerprint density at radius 3 is 2.16 bits per heavy atom. The fraction of sp³-hybridized carbons (Fsp3) is 0.200. The summed E-state index contributed by atoms with van der Waals surface area (Å²) in [7, 11) is 1.81. The minimum Gasteiger partial charge on any atom is -0.354 e. The van der Waals surface area contributed by atoms with Crippen molar-refractivity contribution in [3.8, 4) is 0 Å². The van der Waals surface area contributed by atoms with Crippen LogP contribution >= 0.6 is 11.8 Å². The van der Waals surface area contributed by atoms with Crippen LogP contribution in [0.15, 0.2) is 100.0 Å². The molecule has 3 aromatic rings. The number of thioether (sulfide) groups is 1. The van der Waals surface area contributed by atoms with E-state index in [9.17, 15) is 0 Å². The summed E-state index contributed by atoms with van der Waals surface area (Å²) in [5, 5.41) is 8.81. The summed E-state index contributed by atoms with van der Waals surface area (Å²) in [6.07, 6.45) is 5.48. The van der Waals surface area contributed by atoms with Gasteiger partial charge in [-0.25, -0.2) is 9.97 Å². The number of piperazine rings is 1. The molecule has 0 unspecified atom stereocenters. The van der Waals surface area contributed by atoms with Gasteiger partial charge in [0.05, 0.1) is 5.71 Å². The summed E-state index contributed by atoms with van der Waals surface area (Å²) in [6.45, 7) is 3.07. The first-order valence-electron chi connectivity index (χ1n) is 10.6. The molecule has 2 heterocycles. The zero-order valence-corrected chi connectivity index (χ0v) is 18.9. The molecular formula is C25H26N6S. The largest absolute Gasteiger partial charge is 0.354 e. The number of nitrogens with one attached hydrogen (secondary N) is 1.